The maximum Gasteiger partial charge on any atom is 0.416 e. The van der Waals surface area contributed by atoms with Gasteiger partial charge in [-0.1, -0.05) is 23.2 Å². The SMILES string of the molecule is CC1COc2c(N3CCN(C)CC3)c(F)cc3c(=O)c(C(=O)NNc4c(Cl)cc(C(F)(F)F)cc4Cl)cn1c23. The minimum absolute atomic E-state index is 0.0369. The van der Waals surface area contributed by atoms with Crippen molar-refractivity contribution in [2.24, 2.45) is 0 Å². The number of rotatable bonds is 4. The number of amides is 1. The van der Waals surface area contributed by atoms with E-state index < -0.39 is 38.9 Å². The number of piperazine rings is 1. The summed E-state index contributed by atoms with van der Waals surface area (Å²) in [4.78, 5) is 30.4. The van der Waals surface area contributed by atoms with Gasteiger partial charge in [0.05, 0.1) is 38.2 Å². The van der Waals surface area contributed by atoms with Gasteiger partial charge in [-0.15, -0.1) is 0 Å². The van der Waals surface area contributed by atoms with Crippen LogP contribution in [0.5, 0.6) is 5.75 Å². The number of aromatic nitrogens is 1. The summed E-state index contributed by atoms with van der Waals surface area (Å²) in [5, 5.41) is -0.825. The van der Waals surface area contributed by atoms with Gasteiger partial charge in [-0.05, 0) is 32.2 Å². The van der Waals surface area contributed by atoms with Crippen LogP contribution in [-0.4, -0.2) is 55.2 Å². The van der Waals surface area contributed by atoms with E-state index in [0.717, 1.165) is 19.2 Å². The standard InChI is InChI=1S/C25H23Cl2F4N5O3/c1-12-11-39-23-20-14(9-18(28)21(23)35-5-3-34(2)4-6-35)22(37)15(10-36(12)20)24(38)33-32-19-16(26)7-13(8-17(19)27)25(29,30)31/h7-10,12,32H,3-6,11H2,1-2H3,(H,33,38). The average Bonchev–Trinajstić information content (AvgIpc) is 2.86. The van der Waals surface area contributed by atoms with Gasteiger partial charge in [-0.3, -0.25) is 20.4 Å². The van der Waals surface area contributed by atoms with Crippen molar-refractivity contribution in [3.05, 3.63) is 61.6 Å². The van der Waals surface area contributed by atoms with Crippen LogP contribution in [0.2, 0.25) is 10.0 Å². The summed E-state index contributed by atoms with van der Waals surface area (Å²) in [6.45, 7) is 4.64. The second-order valence-electron chi connectivity index (χ2n) is 9.55. The highest BCUT2D eigenvalue weighted by Crippen LogP contribution is 2.42. The van der Waals surface area contributed by atoms with Crippen molar-refractivity contribution in [2.75, 3.05) is 50.2 Å². The van der Waals surface area contributed by atoms with Crippen molar-refractivity contribution < 1.29 is 27.1 Å². The van der Waals surface area contributed by atoms with Crippen LogP contribution >= 0.6 is 23.2 Å². The Hall–Kier alpha value is -3.22. The molecule has 0 spiro atoms. The number of halogens is 6. The van der Waals surface area contributed by atoms with Gasteiger partial charge in [0, 0.05) is 32.4 Å². The number of nitrogens with one attached hydrogen (secondary N) is 2. The van der Waals surface area contributed by atoms with E-state index in [0.29, 0.717) is 30.7 Å². The highest BCUT2D eigenvalue weighted by Gasteiger charge is 2.33. The molecule has 3 heterocycles. The molecule has 208 valence electrons. The minimum atomic E-state index is -4.67. The number of hydrogen-bond acceptors (Lipinski definition) is 6. The number of anilines is 2. The lowest BCUT2D eigenvalue weighted by atomic mass is 10.0. The third kappa shape index (κ3) is 4.96. The Balaban J connectivity index is 1.51. The zero-order valence-corrected chi connectivity index (χ0v) is 22.3. The Morgan fingerprint density at radius 2 is 1.74 bits per heavy atom. The Kier molecular flexibility index (Phi) is 7.06. The van der Waals surface area contributed by atoms with E-state index in [1.807, 2.05) is 18.9 Å². The molecular formula is C25H23Cl2F4N5O3. The third-order valence-electron chi connectivity index (χ3n) is 6.88. The maximum atomic E-state index is 15.5. The van der Waals surface area contributed by atoms with E-state index in [9.17, 15) is 22.8 Å². The second kappa shape index (κ2) is 10.1. The quantitative estimate of drug-likeness (QED) is 0.333. The molecule has 2 aliphatic heterocycles. The fourth-order valence-electron chi connectivity index (χ4n) is 4.74. The fraction of sp³-hybridized carbons (Fsp3) is 0.360. The van der Waals surface area contributed by atoms with Gasteiger partial charge in [0.15, 0.2) is 11.6 Å². The first kappa shape index (κ1) is 27.4. The van der Waals surface area contributed by atoms with Gasteiger partial charge in [0.2, 0.25) is 5.43 Å². The first-order valence-corrected chi connectivity index (χ1v) is 12.7. The van der Waals surface area contributed by atoms with Gasteiger partial charge in [-0.25, -0.2) is 4.39 Å². The number of alkyl halides is 3. The molecule has 1 unspecified atom stereocenters. The molecule has 0 bridgehead atoms. The third-order valence-corrected chi connectivity index (χ3v) is 7.47. The molecule has 39 heavy (non-hydrogen) atoms. The monoisotopic (exact) mass is 587 g/mol. The summed E-state index contributed by atoms with van der Waals surface area (Å²) in [5.74, 6) is -1.31. The number of hydrogen-bond donors (Lipinski definition) is 2. The van der Waals surface area contributed by atoms with Crippen LogP contribution in [-0.2, 0) is 6.18 Å². The molecule has 5 rings (SSSR count). The summed E-state index contributed by atoms with van der Waals surface area (Å²) in [5.41, 5.74) is 2.99. The number of hydrazine groups is 1. The van der Waals surface area contributed by atoms with E-state index in [4.69, 9.17) is 27.9 Å². The van der Waals surface area contributed by atoms with E-state index in [1.54, 1.807) is 4.57 Å². The van der Waals surface area contributed by atoms with Gasteiger partial charge < -0.3 is 19.1 Å². The lowest BCUT2D eigenvalue weighted by Gasteiger charge is -2.37. The number of benzene rings is 2. The van der Waals surface area contributed by atoms with Gasteiger partial charge in [0.1, 0.15) is 17.9 Å². The van der Waals surface area contributed by atoms with Crippen LogP contribution in [0.3, 0.4) is 0 Å². The first-order chi connectivity index (χ1) is 18.4. The molecule has 3 aromatic rings. The molecule has 1 amide bonds. The van der Waals surface area contributed by atoms with Crippen LogP contribution < -0.4 is 25.9 Å². The second-order valence-corrected chi connectivity index (χ2v) is 10.4. The molecule has 8 nitrogen and oxygen atoms in total. The maximum absolute atomic E-state index is 15.5. The topological polar surface area (TPSA) is 78.8 Å². The summed E-state index contributed by atoms with van der Waals surface area (Å²) >= 11 is 11.9. The molecule has 0 radical (unpaired) electrons. The van der Waals surface area contributed by atoms with Crippen LogP contribution in [0.1, 0.15) is 28.9 Å². The van der Waals surface area contributed by atoms with Gasteiger partial charge in [0.25, 0.3) is 5.91 Å². The normalized spacial score (nSPS) is 17.7. The number of nitrogens with zero attached hydrogens (tertiary/aromatic N) is 3. The smallest absolute Gasteiger partial charge is 0.416 e. The number of carbonyl (C=O) groups excluding carboxylic acids is 1. The van der Waals surface area contributed by atoms with Gasteiger partial charge >= 0.3 is 6.18 Å². The Labute approximate surface area is 230 Å². The fourth-order valence-corrected chi connectivity index (χ4v) is 5.32. The predicted octanol–water partition coefficient (Wildman–Crippen LogP) is 4.93. The molecule has 1 aromatic heterocycles. The van der Waals surface area contributed by atoms with Crippen molar-refractivity contribution in [3.8, 4) is 5.75 Å². The van der Waals surface area contributed by atoms with E-state index in [2.05, 4.69) is 15.8 Å². The summed E-state index contributed by atoms with van der Waals surface area (Å²) in [6, 6.07) is 2.13. The largest absolute Gasteiger partial charge is 0.487 e. The van der Waals surface area contributed by atoms with Crippen molar-refractivity contribution in [3.63, 3.8) is 0 Å². The Morgan fingerprint density at radius 1 is 1.10 bits per heavy atom. The zero-order valence-electron chi connectivity index (χ0n) is 20.8. The van der Waals surface area contributed by atoms with Gasteiger partial charge in [-0.2, -0.15) is 13.2 Å². The molecule has 1 atom stereocenters. The zero-order chi connectivity index (χ0) is 28.2. The molecule has 0 aliphatic carbocycles. The molecule has 1 fully saturated rings. The molecule has 0 saturated carbocycles. The minimum Gasteiger partial charge on any atom is -0.487 e. The number of ether oxygens (including phenoxy) is 1. The van der Waals surface area contributed by atoms with Crippen LogP contribution in [0, 0.1) is 5.82 Å². The lowest BCUT2D eigenvalue weighted by molar-refractivity contribution is -0.137. The predicted molar refractivity (Wildman–Crippen MR) is 141 cm³/mol. The molecule has 2 aromatic carbocycles. The van der Waals surface area contributed by atoms with E-state index in [1.165, 1.54) is 6.20 Å². The molecule has 2 aliphatic rings. The highest BCUT2D eigenvalue weighted by molar-refractivity contribution is 6.39. The van der Waals surface area contributed by atoms with Crippen molar-refractivity contribution in [1.82, 2.24) is 14.9 Å². The summed E-state index contributed by atoms with van der Waals surface area (Å²) in [7, 11) is 1.98. The van der Waals surface area contributed by atoms with E-state index >= 15 is 4.39 Å². The van der Waals surface area contributed by atoms with Crippen molar-refractivity contribution in [1.29, 1.82) is 0 Å². The van der Waals surface area contributed by atoms with Crippen molar-refractivity contribution >= 4 is 51.4 Å². The Bertz CT molecular complexity index is 1510. The molecular weight excluding hydrogens is 565 g/mol. The van der Waals surface area contributed by atoms with Crippen molar-refractivity contribution in [2.45, 2.75) is 19.1 Å². The molecule has 1 saturated heterocycles. The number of carbonyl (C=O) groups is 1. The number of pyridine rings is 1. The van der Waals surface area contributed by atoms with Crippen LogP contribution in [0.25, 0.3) is 10.9 Å². The molecule has 2 N–H and O–H groups in total. The Morgan fingerprint density at radius 3 is 2.36 bits per heavy atom. The first-order valence-electron chi connectivity index (χ1n) is 12.0. The van der Waals surface area contributed by atoms with Crippen LogP contribution in [0.4, 0.5) is 28.9 Å². The average molecular weight is 588 g/mol. The summed E-state index contributed by atoms with van der Waals surface area (Å²) in [6.07, 6.45) is -3.31. The van der Waals surface area contributed by atoms with E-state index in [-0.39, 0.29) is 40.7 Å². The summed E-state index contributed by atoms with van der Waals surface area (Å²) < 4.78 is 62.2. The highest BCUT2D eigenvalue weighted by atomic mass is 35.5. The number of likely N-dealkylation sites (N-methyl/N-ethyl adjacent to an activating group) is 1. The molecule has 14 heteroatoms. The van der Waals surface area contributed by atoms with Crippen LogP contribution in [0.15, 0.2) is 29.2 Å². The lowest BCUT2D eigenvalue weighted by Crippen LogP contribution is -2.45.